The van der Waals surface area contributed by atoms with Crippen LogP contribution in [0.25, 0.3) is 0 Å². The molecule has 6 nitrogen and oxygen atoms in total. The number of likely N-dealkylation sites (tertiary alicyclic amines) is 1. The van der Waals surface area contributed by atoms with E-state index >= 15 is 0 Å². The first-order valence-corrected chi connectivity index (χ1v) is 11.4. The van der Waals surface area contributed by atoms with Crippen LogP contribution in [0.1, 0.15) is 58.8 Å². The van der Waals surface area contributed by atoms with Crippen LogP contribution in [0.4, 0.5) is 0 Å². The SMILES string of the molecule is CCNC(=NCC1(N2CCOCC2)CCCCC1)NCC1CCCN1CC.I. The van der Waals surface area contributed by atoms with Crippen molar-refractivity contribution >= 4 is 29.9 Å². The molecule has 2 N–H and O–H groups in total. The van der Waals surface area contributed by atoms with Gasteiger partial charge in [-0.05, 0) is 45.7 Å². The van der Waals surface area contributed by atoms with Gasteiger partial charge in [-0.1, -0.05) is 26.2 Å². The summed E-state index contributed by atoms with van der Waals surface area (Å²) in [5, 5.41) is 7.12. The number of nitrogens with one attached hydrogen (secondary N) is 2. The fraction of sp³-hybridized carbons (Fsp3) is 0.952. The number of morpholine rings is 1. The first-order valence-electron chi connectivity index (χ1n) is 11.4. The molecular formula is C21H42IN5O. The van der Waals surface area contributed by atoms with E-state index in [-0.39, 0.29) is 29.5 Å². The fourth-order valence-corrected chi connectivity index (χ4v) is 5.15. The van der Waals surface area contributed by atoms with E-state index in [1.807, 2.05) is 0 Å². The van der Waals surface area contributed by atoms with E-state index in [1.54, 1.807) is 0 Å². The van der Waals surface area contributed by atoms with Gasteiger partial charge in [-0.2, -0.15) is 0 Å². The number of guanidine groups is 1. The summed E-state index contributed by atoms with van der Waals surface area (Å²) in [5.41, 5.74) is 0.243. The lowest BCUT2D eigenvalue weighted by atomic mass is 9.80. The third kappa shape index (κ3) is 6.44. The highest BCUT2D eigenvalue weighted by molar-refractivity contribution is 14.0. The first kappa shape index (κ1) is 24.2. The van der Waals surface area contributed by atoms with E-state index in [2.05, 4.69) is 34.3 Å². The Bertz CT molecular complexity index is 464. The van der Waals surface area contributed by atoms with Crippen LogP contribution >= 0.6 is 24.0 Å². The lowest BCUT2D eigenvalue weighted by Crippen LogP contribution is -2.56. The van der Waals surface area contributed by atoms with Crippen LogP contribution < -0.4 is 10.6 Å². The summed E-state index contributed by atoms with van der Waals surface area (Å²) in [6.07, 6.45) is 9.24. The van der Waals surface area contributed by atoms with Crippen LogP contribution in [-0.2, 0) is 4.74 Å². The lowest BCUT2D eigenvalue weighted by molar-refractivity contribution is -0.0333. The second-order valence-corrected chi connectivity index (χ2v) is 8.39. The molecule has 0 spiro atoms. The van der Waals surface area contributed by atoms with Crippen molar-refractivity contribution in [1.82, 2.24) is 20.4 Å². The van der Waals surface area contributed by atoms with E-state index in [0.717, 1.165) is 58.4 Å². The largest absolute Gasteiger partial charge is 0.379 e. The van der Waals surface area contributed by atoms with Crippen LogP contribution in [0.3, 0.4) is 0 Å². The highest BCUT2D eigenvalue weighted by Crippen LogP contribution is 2.34. The molecule has 0 radical (unpaired) electrons. The van der Waals surface area contributed by atoms with Crippen molar-refractivity contribution in [3.05, 3.63) is 0 Å². The average molecular weight is 508 g/mol. The number of hydrogen-bond acceptors (Lipinski definition) is 4. The van der Waals surface area contributed by atoms with Gasteiger partial charge in [-0.25, -0.2) is 0 Å². The van der Waals surface area contributed by atoms with E-state index in [4.69, 9.17) is 9.73 Å². The summed E-state index contributed by atoms with van der Waals surface area (Å²) < 4.78 is 5.61. The molecule has 1 atom stereocenters. The third-order valence-electron chi connectivity index (χ3n) is 6.75. The molecule has 0 amide bonds. The molecule has 1 unspecified atom stereocenters. The van der Waals surface area contributed by atoms with Crippen LogP contribution in [0, 0.1) is 0 Å². The van der Waals surface area contributed by atoms with E-state index < -0.39 is 0 Å². The average Bonchev–Trinajstić information content (AvgIpc) is 3.19. The third-order valence-corrected chi connectivity index (χ3v) is 6.75. The monoisotopic (exact) mass is 507 g/mol. The normalized spacial score (nSPS) is 26.6. The Labute approximate surface area is 189 Å². The number of hydrogen-bond donors (Lipinski definition) is 2. The van der Waals surface area contributed by atoms with Crippen LogP contribution in [-0.4, -0.2) is 86.4 Å². The molecule has 2 saturated heterocycles. The molecule has 0 bridgehead atoms. The zero-order chi connectivity index (χ0) is 19.0. The number of nitrogens with zero attached hydrogens (tertiary/aromatic N) is 3. The molecule has 3 rings (SSSR count). The number of rotatable bonds is 7. The Kier molecular flexibility index (Phi) is 10.8. The molecule has 0 aromatic carbocycles. The summed E-state index contributed by atoms with van der Waals surface area (Å²) >= 11 is 0. The lowest BCUT2D eigenvalue weighted by Gasteiger charge is -2.47. The summed E-state index contributed by atoms with van der Waals surface area (Å²) in [6, 6.07) is 0.654. The minimum absolute atomic E-state index is 0. The van der Waals surface area contributed by atoms with Gasteiger partial charge in [-0.15, -0.1) is 24.0 Å². The zero-order valence-electron chi connectivity index (χ0n) is 18.0. The fourth-order valence-electron chi connectivity index (χ4n) is 5.15. The van der Waals surface area contributed by atoms with Gasteiger partial charge in [0, 0.05) is 37.8 Å². The molecule has 3 fully saturated rings. The molecular weight excluding hydrogens is 465 g/mol. The molecule has 1 aliphatic carbocycles. The van der Waals surface area contributed by atoms with Crippen molar-refractivity contribution in [1.29, 1.82) is 0 Å². The summed E-state index contributed by atoms with van der Waals surface area (Å²) in [5.74, 6) is 0.999. The molecule has 28 heavy (non-hydrogen) atoms. The smallest absolute Gasteiger partial charge is 0.191 e. The Hall–Kier alpha value is -0.120. The summed E-state index contributed by atoms with van der Waals surface area (Å²) in [4.78, 5) is 10.4. The molecule has 3 aliphatic rings. The predicted molar refractivity (Wildman–Crippen MR) is 128 cm³/mol. The quantitative estimate of drug-likeness (QED) is 0.316. The molecule has 7 heteroatoms. The Balaban J connectivity index is 0.00000280. The van der Waals surface area contributed by atoms with Crippen molar-refractivity contribution in [3.8, 4) is 0 Å². The second kappa shape index (κ2) is 12.5. The van der Waals surface area contributed by atoms with E-state index in [0.29, 0.717) is 6.04 Å². The number of aliphatic imine (C=N–C) groups is 1. The number of ether oxygens (including phenoxy) is 1. The number of halogens is 1. The Morgan fingerprint density at radius 2 is 1.79 bits per heavy atom. The maximum absolute atomic E-state index is 5.61. The first-order chi connectivity index (χ1) is 13.3. The van der Waals surface area contributed by atoms with Gasteiger partial charge in [0.2, 0.25) is 0 Å². The van der Waals surface area contributed by atoms with Gasteiger partial charge in [0.25, 0.3) is 0 Å². The highest BCUT2D eigenvalue weighted by atomic mass is 127. The van der Waals surface area contributed by atoms with Crippen molar-refractivity contribution < 1.29 is 4.74 Å². The van der Waals surface area contributed by atoms with Crippen molar-refractivity contribution in [2.45, 2.75) is 70.4 Å². The number of likely N-dealkylation sites (N-methyl/N-ethyl adjacent to an activating group) is 1. The van der Waals surface area contributed by atoms with E-state index in [9.17, 15) is 0 Å². The molecule has 2 aliphatic heterocycles. The maximum Gasteiger partial charge on any atom is 0.191 e. The van der Waals surface area contributed by atoms with Gasteiger partial charge >= 0.3 is 0 Å². The molecule has 0 aromatic heterocycles. The van der Waals surface area contributed by atoms with Gasteiger partial charge in [-0.3, -0.25) is 14.8 Å². The molecule has 164 valence electrons. The Morgan fingerprint density at radius 3 is 2.46 bits per heavy atom. The van der Waals surface area contributed by atoms with Crippen molar-refractivity contribution in [2.24, 2.45) is 4.99 Å². The van der Waals surface area contributed by atoms with Crippen LogP contribution in [0.2, 0.25) is 0 Å². The molecule has 0 aromatic rings. The van der Waals surface area contributed by atoms with Crippen molar-refractivity contribution in [2.75, 3.05) is 59.0 Å². The minimum atomic E-state index is 0. The van der Waals surface area contributed by atoms with Crippen LogP contribution in [0.5, 0.6) is 0 Å². The van der Waals surface area contributed by atoms with Gasteiger partial charge in [0.05, 0.1) is 19.8 Å². The van der Waals surface area contributed by atoms with Gasteiger partial charge in [0.1, 0.15) is 0 Å². The second-order valence-electron chi connectivity index (χ2n) is 8.39. The predicted octanol–water partition coefficient (Wildman–Crippen LogP) is 2.68. The van der Waals surface area contributed by atoms with Gasteiger partial charge in [0.15, 0.2) is 5.96 Å². The molecule has 2 heterocycles. The highest BCUT2D eigenvalue weighted by Gasteiger charge is 2.38. The molecule has 1 saturated carbocycles. The van der Waals surface area contributed by atoms with E-state index in [1.165, 1.54) is 51.5 Å². The Morgan fingerprint density at radius 1 is 1.04 bits per heavy atom. The summed E-state index contributed by atoms with van der Waals surface area (Å²) in [6.45, 7) is 13.5. The maximum atomic E-state index is 5.61. The van der Waals surface area contributed by atoms with Crippen molar-refractivity contribution in [3.63, 3.8) is 0 Å². The zero-order valence-corrected chi connectivity index (χ0v) is 20.4. The topological polar surface area (TPSA) is 52.1 Å². The van der Waals surface area contributed by atoms with Crippen LogP contribution in [0.15, 0.2) is 4.99 Å². The van der Waals surface area contributed by atoms with Gasteiger partial charge < -0.3 is 15.4 Å². The summed E-state index contributed by atoms with van der Waals surface area (Å²) in [7, 11) is 0. The minimum Gasteiger partial charge on any atom is -0.379 e. The standard InChI is InChI=1S/C21H41N5O.HI/c1-3-22-20(23-17-19-9-8-12-25(19)4-2)24-18-21(10-6-5-7-11-21)26-13-15-27-16-14-26;/h19H,3-18H2,1-2H3,(H2,22,23,24);1H.